The number of allylic oxidation sites excluding steroid dienone is 2. The standard InChI is InChI=1S/C76H138N8O16S/c1-5-8-11-14-17-20-23-26-29-32-35-38-41-47-64(87)69(76(100,57-86)65(88)48-42-39-36-33-30-27-24-21-18-15-12-9-6-2)101-56-63(80-67(90)49-43-40-37-34-31-28-25-22-19-16-13-10-7-3)74(97)84-62(55-85)73(96)82-59(50-52-66(78)89)72(95)81-60(51-53-68(91)92)71(94)79-58(4)70(93)83-61(75(98)99)46-44-45-54-77/h21,24,58-63,69,85-86,100H,5-20,22-23,25-57,77H2,1-4H3,(H2,78,89)(H,79,94)(H,80,90)(H,81,95)(H,82,96)(H,83,93)(H,84,97)(H,91,92)(H,98,99)/b24-21-/t58-,59-,60-,61-,62-,63-,69?,76?/m0/s1. The van der Waals surface area contributed by atoms with Gasteiger partial charge in [-0.2, -0.15) is 0 Å². The van der Waals surface area contributed by atoms with E-state index in [4.69, 9.17) is 11.5 Å². The van der Waals surface area contributed by atoms with Crippen LogP contribution in [-0.4, -0.2) is 163 Å². The fourth-order valence-electron chi connectivity index (χ4n) is 12.0. The van der Waals surface area contributed by atoms with Crippen LogP contribution in [0.4, 0.5) is 0 Å². The van der Waals surface area contributed by atoms with Gasteiger partial charge in [-0.25, -0.2) is 4.79 Å². The van der Waals surface area contributed by atoms with Crippen molar-refractivity contribution in [3.05, 3.63) is 12.2 Å². The van der Waals surface area contributed by atoms with E-state index in [1.54, 1.807) is 0 Å². The van der Waals surface area contributed by atoms with Crippen molar-refractivity contribution in [2.24, 2.45) is 11.5 Å². The number of unbranched alkanes of at least 4 members (excludes halogenated alkanes) is 34. The summed E-state index contributed by atoms with van der Waals surface area (Å²) >= 11 is 0.714. The van der Waals surface area contributed by atoms with Gasteiger partial charge in [-0.3, -0.25) is 47.9 Å². The average molecular weight is 1450 g/mol. The number of aliphatic hydroxyl groups is 3. The number of aliphatic carboxylic acids is 2. The molecular weight excluding hydrogens is 1310 g/mol. The second kappa shape index (κ2) is 63.0. The van der Waals surface area contributed by atoms with Gasteiger partial charge >= 0.3 is 11.9 Å². The van der Waals surface area contributed by atoms with E-state index in [2.05, 4.69) is 64.8 Å². The number of thioether (sulfide) groups is 1. The first kappa shape index (κ1) is 95.5. The maximum Gasteiger partial charge on any atom is 0.326 e. The van der Waals surface area contributed by atoms with Crippen molar-refractivity contribution in [2.75, 3.05) is 25.5 Å². The van der Waals surface area contributed by atoms with E-state index in [0.29, 0.717) is 56.7 Å². The number of carbonyl (C=O) groups is 11. The van der Waals surface area contributed by atoms with E-state index in [1.807, 2.05) is 0 Å². The molecule has 0 aliphatic rings. The topological polar surface area (TPSA) is 413 Å². The second-order valence-corrected chi connectivity index (χ2v) is 28.8. The van der Waals surface area contributed by atoms with Crippen LogP contribution >= 0.6 is 11.8 Å². The molecule has 24 nitrogen and oxygen atoms in total. The molecule has 0 saturated heterocycles. The number of carboxylic acids is 2. The average Bonchev–Trinajstić information content (AvgIpc) is 0.813. The van der Waals surface area contributed by atoms with E-state index in [0.717, 1.165) is 89.9 Å². The lowest BCUT2D eigenvalue weighted by molar-refractivity contribution is -0.146. The number of ketones is 2. The summed E-state index contributed by atoms with van der Waals surface area (Å²) < 4.78 is 0. The van der Waals surface area contributed by atoms with Gasteiger partial charge in [0.15, 0.2) is 11.4 Å². The number of nitrogens with one attached hydrogen (secondary N) is 6. The Balaban J connectivity index is 6.91. The van der Waals surface area contributed by atoms with Crippen molar-refractivity contribution in [2.45, 2.75) is 377 Å². The lowest BCUT2D eigenvalue weighted by Gasteiger charge is -2.33. The zero-order valence-corrected chi connectivity index (χ0v) is 63.4. The van der Waals surface area contributed by atoms with Crippen LogP contribution in [0, 0.1) is 0 Å². The molecule has 0 rings (SSSR count). The van der Waals surface area contributed by atoms with Gasteiger partial charge in [-0.05, 0) is 90.5 Å². The number of hydrogen-bond acceptors (Lipinski definition) is 16. The largest absolute Gasteiger partial charge is 0.481 e. The molecule has 15 N–H and O–H groups in total. The van der Waals surface area contributed by atoms with Crippen LogP contribution in [0.5, 0.6) is 0 Å². The fraction of sp³-hybridized carbons (Fsp3) is 0.829. The highest BCUT2D eigenvalue weighted by Gasteiger charge is 2.47. The van der Waals surface area contributed by atoms with E-state index < -0.39 is 157 Å². The van der Waals surface area contributed by atoms with E-state index >= 15 is 0 Å². The highest BCUT2D eigenvalue weighted by atomic mass is 32.2. The number of aliphatic hydroxyl groups excluding tert-OH is 2. The zero-order chi connectivity index (χ0) is 75.3. The second-order valence-electron chi connectivity index (χ2n) is 27.6. The summed E-state index contributed by atoms with van der Waals surface area (Å²) in [5, 5.41) is 66.1. The minimum atomic E-state index is -2.58. The van der Waals surface area contributed by atoms with Crippen molar-refractivity contribution >= 4 is 76.6 Å². The Morgan fingerprint density at radius 1 is 0.416 bits per heavy atom. The Morgan fingerprint density at radius 3 is 1.24 bits per heavy atom. The molecule has 101 heavy (non-hydrogen) atoms. The summed E-state index contributed by atoms with van der Waals surface area (Å²) in [7, 11) is 0. The summed E-state index contributed by atoms with van der Waals surface area (Å²) in [4.78, 5) is 148. The molecule has 0 spiro atoms. The van der Waals surface area contributed by atoms with Gasteiger partial charge in [0.1, 0.15) is 47.3 Å². The molecule has 0 heterocycles. The van der Waals surface area contributed by atoms with Crippen LogP contribution in [0.1, 0.15) is 329 Å². The van der Waals surface area contributed by atoms with Gasteiger partial charge in [-0.1, -0.05) is 226 Å². The number of carboxylic acid groups (broad SMARTS) is 2. The molecule has 7 amide bonds. The summed E-state index contributed by atoms with van der Waals surface area (Å²) in [6.45, 7) is 5.90. The Labute approximate surface area is 609 Å². The molecule has 0 aliphatic heterocycles. The van der Waals surface area contributed by atoms with Crippen LogP contribution in [-0.2, 0) is 52.7 Å². The van der Waals surface area contributed by atoms with E-state index in [-0.39, 0.29) is 32.2 Å². The minimum Gasteiger partial charge on any atom is -0.481 e. The van der Waals surface area contributed by atoms with Gasteiger partial charge in [0.25, 0.3) is 0 Å². The highest BCUT2D eigenvalue weighted by molar-refractivity contribution is 8.00. The van der Waals surface area contributed by atoms with Crippen molar-refractivity contribution in [1.29, 1.82) is 0 Å². The summed E-state index contributed by atoms with van der Waals surface area (Å²) in [6.07, 6.45) is 41.1. The van der Waals surface area contributed by atoms with Gasteiger partial charge in [0.2, 0.25) is 41.4 Å². The normalized spacial score (nSPS) is 14.1. The number of nitrogens with two attached hydrogens (primary N) is 2. The van der Waals surface area contributed by atoms with Gasteiger partial charge in [0.05, 0.1) is 13.2 Å². The molecular formula is C76H138N8O16S. The third-order valence-corrected chi connectivity index (χ3v) is 20.0. The number of carbonyl (C=O) groups excluding carboxylic acids is 9. The molecule has 0 bridgehead atoms. The van der Waals surface area contributed by atoms with Crippen LogP contribution < -0.4 is 43.4 Å². The first-order valence-electron chi connectivity index (χ1n) is 39.1. The molecule has 0 radical (unpaired) electrons. The third kappa shape index (κ3) is 49.0. The fourth-order valence-corrected chi connectivity index (χ4v) is 13.4. The van der Waals surface area contributed by atoms with Gasteiger partial charge in [-0.15, -0.1) is 11.8 Å². The molecule has 584 valence electrons. The molecule has 0 aromatic heterocycles. The van der Waals surface area contributed by atoms with Crippen LogP contribution in [0.2, 0.25) is 0 Å². The Kier molecular flexibility index (Phi) is 59.6. The number of Topliss-reactive ketones (excluding diaryl/α,β-unsaturated/α-hetero) is 2. The molecule has 0 aliphatic carbocycles. The van der Waals surface area contributed by atoms with E-state index in [1.165, 1.54) is 122 Å². The predicted octanol–water partition coefficient (Wildman–Crippen LogP) is 10.4. The number of hydrogen-bond donors (Lipinski definition) is 13. The summed E-state index contributed by atoms with van der Waals surface area (Å²) in [5.74, 6) is -11.3. The Morgan fingerprint density at radius 2 is 0.802 bits per heavy atom. The third-order valence-electron chi connectivity index (χ3n) is 18.5. The minimum absolute atomic E-state index is 0.0124. The van der Waals surface area contributed by atoms with Crippen molar-refractivity contribution in [1.82, 2.24) is 31.9 Å². The highest BCUT2D eigenvalue weighted by Crippen LogP contribution is 2.31. The van der Waals surface area contributed by atoms with Crippen LogP contribution in [0.15, 0.2) is 12.2 Å². The van der Waals surface area contributed by atoms with Crippen molar-refractivity contribution < 1.29 is 78.3 Å². The van der Waals surface area contributed by atoms with Gasteiger partial charge in [0, 0.05) is 37.9 Å². The Hall–Kier alpha value is -5.50. The number of primary amides is 1. The monoisotopic (exact) mass is 1450 g/mol. The van der Waals surface area contributed by atoms with Crippen LogP contribution in [0.25, 0.3) is 0 Å². The maximum absolute atomic E-state index is 14.6. The van der Waals surface area contributed by atoms with Crippen molar-refractivity contribution in [3.63, 3.8) is 0 Å². The quantitative estimate of drug-likeness (QED) is 0.0199. The molecule has 25 heteroatoms. The zero-order valence-electron chi connectivity index (χ0n) is 62.5. The summed E-state index contributed by atoms with van der Waals surface area (Å²) in [6, 6.07) is -9.65. The maximum atomic E-state index is 14.6. The number of rotatable bonds is 71. The first-order valence-corrected chi connectivity index (χ1v) is 40.1. The molecule has 0 fully saturated rings. The molecule has 0 aromatic carbocycles. The van der Waals surface area contributed by atoms with E-state index in [9.17, 15) is 78.3 Å². The number of amides is 7. The molecule has 0 aromatic rings. The molecule has 8 atom stereocenters. The lowest BCUT2D eigenvalue weighted by atomic mass is 9.87. The van der Waals surface area contributed by atoms with Crippen molar-refractivity contribution in [3.8, 4) is 0 Å². The molecule has 2 unspecified atom stereocenters. The SMILES string of the molecule is CCCCCC/C=C\CCCCCCCC(=O)C(O)(CO)C(SC[C@H](NC(=O)CCCCCCCCCCCCCCC)C(=O)N[C@@H](CO)C(=O)N[C@@H](CCC(N)=O)C(=O)N[C@@H](CCC(=O)O)C(=O)N[C@@H](C)C(=O)N[C@@H](CCCCN)C(=O)O)C(=O)CCCCCCCCCCCCCCC. The Bertz CT molecular complexity index is 2330. The summed E-state index contributed by atoms with van der Waals surface area (Å²) in [5.41, 5.74) is 8.39. The first-order chi connectivity index (χ1) is 48.6. The van der Waals surface area contributed by atoms with Crippen LogP contribution in [0.3, 0.4) is 0 Å². The lowest BCUT2D eigenvalue weighted by Crippen LogP contribution is -2.60. The van der Waals surface area contributed by atoms with Gasteiger partial charge < -0.3 is 68.9 Å². The smallest absolute Gasteiger partial charge is 0.326 e. The predicted molar refractivity (Wildman–Crippen MR) is 399 cm³/mol. The molecule has 0 saturated carbocycles.